The number of rotatable bonds is 4. The van der Waals surface area contributed by atoms with Crippen LogP contribution in [0.5, 0.6) is 0 Å². The van der Waals surface area contributed by atoms with Gasteiger partial charge in [-0.15, -0.1) is 0 Å². The first-order valence-electron chi connectivity index (χ1n) is 6.38. The molecule has 0 radical (unpaired) electrons. The number of anilines is 1. The second-order valence-electron chi connectivity index (χ2n) is 4.54. The Morgan fingerprint density at radius 1 is 1.42 bits per heavy atom. The first kappa shape index (κ1) is 13.4. The minimum Gasteiger partial charge on any atom is -0.481 e. The fourth-order valence-corrected chi connectivity index (χ4v) is 2.23. The number of benzene rings is 1. The van der Waals surface area contributed by atoms with Gasteiger partial charge in [-0.25, -0.2) is 4.79 Å². The zero-order valence-corrected chi connectivity index (χ0v) is 10.8. The summed E-state index contributed by atoms with van der Waals surface area (Å²) in [5.41, 5.74) is 1.86. The van der Waals surface area contributed by atoms with E-state index < -0.39 is 12.1 Å². The Bertz CT molecular complexity index is 469. The fourth-order valence-electron chi connectivity index (χ4n) is 2.23. The highest BCUT2D eigenvalue weighted by Crippen LogP contribution is 2.25. The standard InChI is InChI=1S/C14H17NO4/c1-2-10-3-5-11(6-4-10)15-12(9-13(16)17)7-8-19-14(15)18/h3-6,12H,2,7-9H2,1H3,(H,16,17). The molecule has 1 aliphatic heterocycles. The summed E-state index contributed by atoms with van der Waals surface area (Å²) in [6, 6.07) is 7.20. The molecule has 1 aromatic carbocycles. The van der Waals surface area contributed by atoms with E-state index in [1.165, 1.54) is 10.5 Å². The minimum atomic E-state index is -0.908. The number of hydrogen-bond acceptors (Lipinski definition) is 3. The third kappa shape index (κ3) is 3.05. The lowest BCUT2D eigenvalue weighted by atomic mass is 10.1. The number of carbonyl (C=O) groups excluding carboxylic acids is 1. The van der Waals surface area contributed by atoms with Gasteiger partial charge in [0.2, 0.25) is 0 Å². The molecule has 102 valence electrons. The van der Waals surface area contributed by atoms with E-state index in [1.807, 2.05) is 24.3 Å². The van der Waals surface area contributed by atoms with Crippen molar-refractivity contribution in [3.05, 3.63) is 29.8 Å². The van der Waals surface area contributed by atoms with Gasteiger partial charge in [0, 0.05) is 12.1 Å². The molecule has 1 fully saturated rings. The van der Waals surface area contributed by atoms with Gasteiger partial charge in [0.25, 0.3) is 0 Å². The summed E-state index contributed by atoms with van der Waals surface area (Å²) >= 11 is 0. The molecule has 1 unspecified atom stereocenters. The predicted octanol–water partition coefficient (Wildman–Crippen LogP) is 2.44. The molecule has 2 rings (SSSR count). The first-order valence-corrected chi connectivity index (χ1v) is 6.38. The second-order valence-corrected chi connectivity index (χ2v) is 4.54. The normalized spacial score (nSPS) is 19.1. The maximum Gasteiger partial charge on any atom is 0.414 e. The molecular formula is C14H17NO4. The summed E-state index contributed by atoms with van der Waals surface area (Å²) in [4.78, 5) is 24.2. The zero-order valence-electron chi connectivity index (χ0n) is 10.8. The lowest BCUT2D eigenvalue weighted by molar-refractivity contribution is -0.137. The van der Waals surface area contributed by atoms with Crippen LogP contribution in [0.4, 0.5) is 10.5 Å². The molecule has 0 bridgehead atoms. The number of carboxylic acid groups (broad SMARTS) is 1. The molecule has 5 heteroatoms. The topological polar surface area (TPSA) is 66.8 Å². The smallest absolute Gasteiger partial charge is 0.414 e. The third-order valence-electron chi connectivity index (χ3n) is 3.27. The van der Waals surface area contributed by atoms with Gasteiger partial charge in [0.05, 0.1) is 19.1 Å². The van der Waals surface area contributed by atoms with Crippen molar-refractivity contribution in [2.45, 2.75) is 32.2 Å². The van der Waals surface area contributed by atoms with Gasteiger partial charge in [0.15, 0.2) is 0 Å². The van der Waals surface area contributed by atoms with Crippen LogP contribution in [0.3, 0.4) is 0 Å². The summed E-state index contributed by atoms with van der Waals surface area (Å²) in [6.45, 7) is 2.33. The number of amides is 1. The number of cyclic esters (lactones) is 1. The third-order valence-corrected chi connectivity index (χ3v) is 3.27. The van der Waals surface area contributed by atoms with Crippen LogP contribution in [0, 0.1) is 0 Å². The zero-order chi connectivity index (χ0) is 13.8. The molecule has 0 aromatic heterocycles. The van der Waals surface area contributed by atoms with Gasteiger partial charge in [-0.1, -0.05) is 19.1 Å². The van der Waals surface area contributed by atoms with E-state index in [1.54, 1.807) is 0 Å². The van der Waals surface area contributed by atoms with Gasteiger partial charge >= 0.3 is 12.1 Å². The van der Waals surface area contributed by atoms with Crippen LogP contribution in [0.2, 0.25) is 0 Å². The van der Waals surface area contributed by atoms with E-state index in [0.29, 0.717) is 12.1 Å². The van der Waals surface area contributed by atoms with Crippen LogP contribution >= 0.6 is 0 Å². The van der Waals surface area contributed by atoms with Crippen LogP contribution < -0.4 is 4.90 Å². The Balaban J connectivity index is 2.24. The average Bonchev–Trinajstić information content (AvgIpc) is 2.38. The summed E-state index contributed by atoms with van der Waals surface area (Å²) in [5, 5.41) is 8.92. The Morgan fingerprint density at radius 3 is 2.68 bits per heavy atom. The van der Waals surface area contributed by atoms with E-state index in [-0.39, 0.29) is 19.1 Å². The van der Waals surface area contributed by atoms with Crippen LogP contribution in [-0.2, 0) is 16.0 Å². The molecular weight excluding hydrogens is 246 g/mol. The Hall–Kier alpha value is -2.04. The van der Waals surface area contributed by atoms with Crippen LogP contribution in [0.1, 0.15) is 25.3 Å². The number of nitrogens with zero attached hydrogens (tertiary/aromatic N) is 1. The lowest BCUT2D eigenvalue weighted by Crippen LogP contribution is -2.46. The van der Waals surface area contributed by atoms with Crippen LogP contribution in [-0.4, -0.2) is 29.8 Å². The van der Waals surface area contributed by atoms with Crippen molar-refractivity contribution in [2.75, 3.05) is 11.5 Å². The Morgan fingerprint density at radius 2 is 2.11 bits per heavy atom. The van der Waals surface area contributed by atoms with E-state index in [0.717, 1.165) is 6.42 Å². The quantitative estimate of drug-likeness (QED) is 0.906. The summed E-state index contributed by atoms with van der Waals surface area (Å²) in [7, 11) is 0. The van der Waals surface area contributed by atoms with Crippen molar-refractivity contribution < 1.29 is 19.4 Å². The first-order chi connectivity index (χ1) is 9.11. The molecule has 0 spiro atoms. The maximum atomic E-state index is 11.9. The molecule has 19 heavy (non-hydrogen) atoms. The van der Waals surface area contributed by atoms with E-state index in [2.05, 4.69) is 6.92 Å². The average molecular weight is 263 g/mol. The molecule has 1 amide bonds. The van der Waals surface area contributed by atoms with Gasteiger partial charge in [-0.2, -0.15) is 0 Å². The highest BCUT2D eigenvalue weighted by molar-refractivity contribution is 5.90. The largest absolute Gasteiger partial charge is 0.481 e. The minimum absolute atomic E-state index is 0.0649. The Labute approximate surface area is 111 Å². The number of hydrogen-bond donors (Lipinski definition) is 1. The maximum absolute atomic E-state index is 11.9. The predicted molar refractivity (Wildman–Crippen MR) is 70.3 cm³/mol. The fraction of sp³-hybridized carbons (Fsp3) is 0.429. The van der Waals surface area contributed by atoms with Crippen molar-refractivity contribution in [3.8, 4) is 0 Å². The second kappa shape index (κ2) is 5.73. The SMILES string of the molecule is CCc1ccc(N2C(=O)OCCC2CC(=O)O)cc1. The number of carboxylic acids is 1. The van der Waals surface area contributed by atoms with E-state index in [4.69, 9.17) is 9.84 Å². The van der Waals surface area contributed by atoms with Gasteiger partial charge in [0.1, 0.15) is 0 Å². The molecule has 1 aromatic rings. The van der Waals surface area contributed by atoms with Crippen LogP contribution in [0.25, 0.3) is 0 Å². The molecule has 1 N–H and O–H groups in total. The molecule has 1 atom stereocenters. The molecule has 0 aliphatic carbocycles. The highest BCUT2D eigenvalue weighted by Gasteiger charge is 2.32. The number of aliphatic carboxylic acids is 1. The molecule has 5 nitrogen and oxygen atoms in total. The van der Waals surface area contributed by atoms with Crippen LogP contribution in [0.15, 0.2) is 24.3 Å². The van der Waals surface area contributed by atoms with E-state index in [9.17, 15) is 9.59 Å². The monoisotopic (exact) mass is 263 g/mol. The number of ether oxygens (including phenoxy) is 1. The van der Waals surface area contributed by atoms with Crippen molar-refractivity contribution >= 4 is 17.7 Å². The molecule has 1 aliphatic rings. The van der Waals surface area contributed by atoms with Gasteiger partial charge < -0.3 is 9.84 Å². The summed E-state index contributed by atoms with van der Waals surface area (Å²) in [5.74, 6) is -0.908. The van der Waals surface area contributed by atoms with E-state index >= 15 is 0 Å². The number of carbonyl (C=O) groups is 2. The van der Waals surface area contributed by atoms with Gasteiger partial charge in [-0.05, 0) is 24.1 Å². The highest BCUT2D eigenvalue weighted by atomic mass is 16.6. The summed E-state index contributed by atoms with van der Waals surface area (Å²) in [6.07, 6.45) is 0.920. The molecule has 1 saturated heterocycles. The van der Waals surface area contributed by atoms with Gasteiger partial charge in [-0.3, -0.25) is 9.69 Å². The lowest BCUT2D eigenvalue weighted by Gasteiger charge is -2.34. The molecule has 0 saturated carbocycles. The number of aryl methyl sites for hydroxylation is 1. The van der Waals surface area contributed by atoms with Crippen molar-refractivity contribution in [1.82, 2.24) is 0 Å². The van der Waals surface area contributed by atoms with Crippen molar-refractivity contribution in [3.63, 3.8) is 0 Å². The molecule has 1 heterocycles. The Kier molecular flexibility index (Phi) is 4.04. The van der Waals surface area contributed by atoms with Crippen molar-refractivity contribution in [2.24, 2.45) is 0 Å². The van der Waals surface area contributed by atoms with Crippen molar-refractivity contribution in [1.29, 1.82) is 0 Å². The summed E-state index contributed by atoms with van der Waals surface area (Å²) < 4.78 is 5.01.